The average Bonchev–Trinajstić information content (AvgIpc) is 3.13. The van der Waals surface area contributed by atoms with Crippen LogP contribution in [0.1, 0.15) is 45.4 Å². The van der Waals surface area contributed by atoms with Crippen LogP contribution < -0.4 is 4.72 Å². The maximum Gasteiger partial charge on any atom is 0.242 e. The number of likely N-dealkylation sites (tertiary alicyclic amines) is 1. The zero-order valence-corrected chi connectivity index (χ0v) is 17.0. The molecule has 7 heteroatoms. The van der Waals surface area contributed by atoms with Gasteiger partial charge in [-0.2, -0.15) is 0 Å². The Morgan fingerprint density at radius 3 is 2.89 bits per heavy atom. The number of para-hydroxylation sites is 1. The minimum absolute atomic E-state index is 0.141. The summed E-state index contributed by atoms with van der Waals surface area (Å²) in [6.45, 7) is 3.21. The Morgan fingerprint density at radius 2 is 2.07 bits per heavy atom. The Morgan fingerprint density at radius 1 is 1.25 bits per heavy atom. The zero-order valence-electron chi connectivity index (χ0n) is 16.2. The Kier molecular flexibility index (Phi) is 5.14. The molecule has 1 amide bonds. The Hall–Kier alpha value is -1.99. The SMILES string of the molecule is CCCN1C(=O)CC[C@]2(CNS(=O)(=O)c3cccc4cccnc34)CCC[C@@H]12. The van der Waals surface area contributed by atoms with Gasteiger partial charge in [0.25, 0.3) is 0 Å². The van der Waals surface area contributed by atoms with Crippen molar-refractivity contribution in [3.05, 3.63) is 36.5 Å². The lowest BCUT2D eigenvalue weighted by atomic mass is 9.74. The van der Waals surface area contributed by atoms with Crippen molar-refractivity contribution in [3.8, 4) is 0 Å². The standard InChI is InChI=1S/C21H27N3O3S/c1-2-14-24-18-9-4-11-21(18,12-10-19(24)25)15-23-28(26,27)17-8-3-6-16-7-5-13-22-20(16)17/h3,5-8,13,18,23H,2,4,9-12,14-15H2,1H3/t18-,21+/m1/s1. The number of amides is 1. The second-order valence-corrected chi connectivity index (χ2v) is 9.75. The lowest BCUT2D eigenvalue weighted by molar-refractivity contribution is -0.141. The second-order valence-electron chi connectivity index (χ2n) is 8.01. The highest BCUT2D eigenvalue weighted by molar-refractivity contribution is 7.89. The van der Waals surface area contributed by atoms with Crippen molar-refractivity contribution in [2.24, 2.45) is 5.41 Å². The maximum atomic E-state index is 13.1. The minimum Gasteiger partial charge on any atom is -0.339 e. The highest BCUT2D eigenvalue weighted by Crippen LogP contribution is 2.47. The monoisotopic (exact) mass is 401 g/mol. The van der Waals surface area contributed by atoms with E-state index < -0.39 is 10.0 Å². The third-order valence-corrected chi connectivity index (χ3v) is 7.79. The number of carbonyl (C=O) groups is 1. The fraction of sp³-hybridized carbons (Fsp3) is 0.524. The average molecular weight is 402 g/mol. The van der Waals surface area contributed by atoms with Gasteiger partial charge in [-0.05, 0) is 37.8 Å². The fourth-order valence-corrected chi connectivity index (χ4v) is 6.31. The van der Waals surface area contributed by atoms with Crippen LogP contribution in [-0.2, 0) is 14.8 Å². The first-order chi connectivity index (χ1) is 13.5. The third kappa shape index (κ3) is 3.31. The van der Waals surface area contributed by atoms with E-state index in [-0.39, 0.29) is 22.3 Å². The van der Waals surface area contributed by atoms with Crippen LogP contribution in [0.3, 0.4) is 0 Å². The number of hydrogen-bond donors (Lipinski definition) is 1. The number of nitrogens with one attached hydrogen (secondary N) is 1. The van der Waals surface area contributed by atoms with Crippen molar-refractivity contribution in [2.75, 3.05) is 13.1 Å². The highest BCUT2D eigenvalue weighted by Gasteiger charge is 2.50. The number of rotatable bonds is 6. The molecular weight excluding hydrogens is 374 g/mol. The number of pyridine rings is 1. The smallest absolute Gasteiger partial charge is 0.242 e. The summed E-state index contributed by atoms with van der Waals surface area (Å²) in [4.78, 5) is 18.9. The van der Waals surface area contributed by atoms with E-state index in [2.05, 4.69) is 16.6 Å². The van der Waals surface area contributed by atoms with Gasteiger partial charge in [0, 0.05) is 42.6 Å². The lowest BCUT2D eigenvalue weighted by Gasteiger charge is -2.46. The van der Waals surface area contributed by atoms with Gasteiger partial charge in [-0.1, -0.05) is 31.5 Å². The summed E-state index contributed by atoms with van der Waals surface area (Å²) in [7, 11) is -3.69. The number of aromatic nitrogens is 1. The van der Waals surface area contributed by atoms with Gasteiger partial charge in [-0.15, -0.1) is 0 Å². The molecular formula is C21H27N3O3S. The first kappa shape index (κ1) is 19.3. The molecule has 0 spiro atoms. The summed E-state index contributed by atoms with van der Waals surface area (Å²) in [5, 5.41) is 0.805. The lowest BCUT2D eigenvalue weighted by Crippen LogP contribution is -2.56. The molecule has 2 atom stereocenters. The number of benzene rings is 1. The number of nitrogens with zero attached hydrogens (tertiary/aromatic N) is 2. The van der Waals surface area contributed by atoms with E-state index in [0.29, 0.717) is 18.5 Å². The van der Waals surface area contributed by atoms with Gasteiger partial charge in [-0.3, -0.25) is 9.78 Å². The first-order valence-electron chi connectivity index (χ1n) is 10.1. The van der Waals surface area contributed by atoms with Crippen LogP contribution in [-0.4, -0.2) is 43.3 Å². The number of sulfonamides is 1. The highest BCUT2D eigenvalue weighted by atomic mass is 32.2. The summed E-state index contributed by atoms with van der Waals surface area (Å²) in [5.74, 6) is 0.213. The molecule has 0 radical (unpaired) electrons. The maximum absolute atomic E-state index is 13.1. The normalized spacial score (nSPS) is 25.2. The molecule has 2 heterocycles. The molecule has 0 bridgehead atoms. The van der Waals surface area contributed by atoms with Crippen LogP contribution in [0.4, 0.5) is 0 Å². The van der Waals surface area contributed by atoms with Gasteiger partial charge in [0.05, 0.1) is 5.52 Å². The molecule has 2 aromatic rings. The summed E-state index contributed by atoms with van der Waals surface area (Å²) in [5.41, 5.74) is 0.332. The predicted octanol–water partition coefficient (Wildman–Crippen LogP) is 3.08. The van der Waals surface area contributed by atoms with E-state index >= 15 is 0 Å². The molecule has 1 saturated heterocycles. The van der Waals surface area contributed by atoms with Crippen LogP contribution in [0.2, 0.25) is 0 Å². The third-order valence-electron chi connectivity index (χ3n) is 6.36. The summed E-state index contributed by atoms with van der Waals surface area (Å²) >= 11 is 0. The molecule has 6 nitrogen and oxygen atoms in total. The van der Waals surface area contributed by atoms with Gasteiger partial charge in [0.15, 0.2) is 0 Å². The van der Waals surface area contributed by atoms with Gasteiger partial charge >= 0.3 is 0 Å². The zero-order chi connectivity index (χ0) is 19.8. The Bertz CT molecular complexity index is 986. The second kappa shape index (κ2) is 7.44. The van der Waals surface area contributed by atoms with Crippen molar-refractivity contribution in [2.45, 2.75) is 56.4 Å². The summed E-state index contributed by atoms with van der Waals surface area (Å²) in [6.07, 6.45) is 6.76. The van der Waals surface area contributed by atoms with E-state index in [1.54, 1.807) is 24.4 Å². The molecule has 0 unspecified atom stereocenters. The number of carbonyl (C=O) groups excluding carboxylic acids is 1. The van der Waals surface area contributed by atoms with Gasteiger partial charge in [0.1, 0.15) is 4.90 Å². The molecule has 28 heavy (non-hydrogen) atoms. The Balaban J connectivity index is 1.60. The molecule has 2 aliphatic rings. The Labute approximate surface area is 166 Å². The molecule has 1 saturated carbocycles. The van der Waals surface area contributed by atoms with E-state index in [0.717, 1.165) is 44.0 Å². The molecule has 1 aliphatic heterocycles. The van der Waals surface area contributed by atoms with Crippen molar-refractivity contribution in [1.29, 1.82) is 0 Å². The van der Waals surface area contributed by atoms with Gasteiger partial charge in [-0.25, -0.2) is 13.1 Å². The molecule has 4 rings (SSSR count). The van der Waals surface area contributed by atoms with E-state index in [9.17, 15) is 13.2 Å². The quantitative estimate of drug-likeness (QED) is 0.807. The van der Waals surface area contributed by atoms with E-state index in [1.807, 2.05) is 17.0 Å². The van der Waals surface area contributed by atoms with Crippen LogP contribution >= 0.6 is 0 Å². The molecule has 2 fully saturated rings. The van der Waals surface area contributed by atoms with Crippen molar-refractivity contribution >= 4 is 26.8 Å². The van der Waals surface area contributed by atoms with Crippen LogP contribution in [0.25, 0.3) is 10.9 Å². The number of fused-ring (bicyclic) bond motifs is 2. The fourth-order valence-electron chi connectivity index (χ4n) is 5.00. The number of piperidine rings is 1. The molecule has 1 N–H and O–H groups in total. The summed E-state index contributed by atoms with van der Waals surface area (Å²) < 4.78 is 29.1. The van der Waals surface area contributed by atoms with Crippen molar-refractivity contribution in [1.82, 2.24) is 14.6 Å². The van der Waals surface area contributed by atoms with Crippen LogP contribution in [0.5, 0.6) is 0 Å². The summed E-state index contributed by atoms with van der Waals surface area (Å²) in [6, 6.07) is 9.02. The largest absolute Gasteiger partial charge is 0.339 e. The van der Waals surface area contributed by atoms with Gasteiger partial charge < -0.3 is 4.90 Å². The predicted molar refractivity (Wildman–Crippen MR) is 108 cm³/mol. The topological polar surface area (TPSA) is 79.4 Å². The molecule has 1 aromatic heterocycles. The van der Waals surface area contributed by atoms with Crippen LogP contribution in [0.15, 0.2) is 41.4 Å². The molecule has 1 aliphatic carbocycles. The van der Waals surface area contributed by atoms with Crippen molar-refractivity contribution < 1.29 is 13.2 Å². The minimum atomic E-state index is -3.69. The number of hydrogen-bond acceptors (Lipinski definition) is 4. The molecule has 150 valence electrons. The first-order valence-corrected chi connectivity index (χ1v) is 11.6. The van der Waals surface area contributed by atoms with E-state index in [1.165, 1.54) is 0 Å². The molecule has 1 aromatic carbocycles. The van der Waals surface area contributed by atoms with E-state index in [4.69, 9.17) is 0 Å². The van der Waals surface area contributed by atoms with Crippen molar-refractivity contribution in [3.63, 3.8) is 0 Å². The van der Waals surface area contributed by atoms with Crippen LogP contribution in [0, 0.1) is 5.41 Å². The van der Waals surface area contributed by atoms with Gasteiger partial charge in [0.2, 0.25) is 15.9 Å².